The highest BCUT2D eigenvalue weighted by atomic mass is 14.9. The van der Waals surface area contributed by atoms with Crippen LogP contribution in [0.1, 0.15) is 31.7 Å². The lowest BCUT2D eigenvalue weighted by atomic mass is 10.0. The summed E-state index contributed by atoms with van der Waals surface area (Å²) in [5.74, 6) is 0.946. The Kier molecular flexibility index (Phi) is 3.73. The highest BCUT2D eigenvalue weighted by Crippen LogP contribution is 2.34. The molecule has 1 aromatic heterocycles. The number of aromatic nitrogens is 1. The molecule has 0 spiro atoms. The van der Waals surface area contributed by atoms with Crippen LogP contribution in [0, 0.1) is 5.92 Å². The molecule has 1 N–H and O–H groups in total. The van der Waals surface area contributed by atoms with Crippen molar-refractivity contribution >= 4 is 0 Å². The van der Waals surface area contributed by atoms with Crippen LogP contribution < -0.4 is 5.32 Å². The predicted molar refractivity (Wildman–Crippen MR) is 62.7 cm³/mol. The quantitative estimate of drug-likeness (QED) is 0.769. The van der Waals surface area contributed by atoms with Crippen molar-refractivity contribution in [2.75, 3.05) is 6.54 Å². The van der Waals surface area contributed by atoms with E-state index in [-0.39, 0.29) is 0 Å². The molecule has 0 aromatic carbocycles. The second-order valence-electron chi connectivity index (χ2n) is 4.40. The molecule has 82 valence electrons. The smallest absolute Gasteiger partial charge is 0.0299 e. The number of pyridine rings is 1. The van der Waals surface area contributed by atoms with Crippen molar-refractivity contribution in [2.24, 2.45) is 5.92 Å². The second-order valence-corrected chi connectivity index (χ2v) is 4.40. The largest absolute Gasteiger partial charge is 0.314 e. The van der Waals surface area contributed by atoms with Crippen molar-refractivity contribution in [3.05, 3.63) is 30.1 Å². The van der Waals surface area contributed by atoms with E-state index in [9.17, 15) is 0 Å². The lowest BCUT2D eigenvalue weighted by Crippen LogP contribution is -2.31. The standard InChI is InChI=1S/C13H20N2/c1-2-15-13(12-6-7-12)8-5-11-4-3-9-14-10-11/h3-4,9-10,12-13,15H,2,5-8H2,1H3. The highest BCUT2D eigenvalue weighted by Gasteiger charge is 2.29. The lowest BCUT2D eigenvalue weighted by Gasteiger charge is -2.16. The fourth-order valence-electron chi connectivity index (χ4n) is 2.13. The molecular formula is C13H20N2. The fraction of sp³-hybridized carbons (Fsp3) is 0.615. The molecule has 2 heteroatoms. The predicted octanol–water partition coefficient (Wildman–Crippen LogP) is 2.40. The number of hydrogen-bond donors (Lipinski definition) is 1. The highest BCUT2D eigenvalue weighted by molar-refractivity contribution is 5.09. The second kappa shape index (κ2) is 5.26. The summed E-state index contributed by atoms with van der Waals surface area (Å²) in [6.45, 7) is 3.29. The molecule has 2 rings (SSSR count). The molecule has 0 radical (unpaired) electrons. The molecule has 0 amide bonds. The maximum atomic E-state index is 4.15. The average Bonchev–Trinajstić information content (AvgIpc) is 3.09. The Morgan fingerprint density at radius 1 is 1.53 bits per heavy atom. The first-order valence-electron chi connectivity index (χ1n) is 6.02. The van der Waals surface area contributed by atoms with Gasteiger partial charge in [0.25, 0.3) is 0 Å². The molecule has 15 heavy (non-hydrogen) atoms. The van der Waals surface area contributed by atoms with Gasteiger partial charge in [-0.1, -0.05) is 13.0 Å². The Morgan fingerprint density at radius 2 is 2.40 bits per heavy atom. The Bertz CT molecular complexity index is 280. The van der Waals surface area contributed by atoms with Gasteiger partial charge in [-0.15, -0.1) is 0 Å². The van der Waals surface area contributed by atoms with Crippen molar-refractivity contribution in [1.82, 2.24) is 10.3 Å². The SMILES string of the molecule is CCNC(CCc1cccnc1)C1CC1. The first kappa shape index (κ1) is 10.6. The van der Waals surface area contributed by atoms with E-state index in [0.717, 1.165) is 24.9 Å². The summed E-state index contributed by atoms with van der Waals surface area (Å²) in [6, 6.07) is 4.92. The van der Waals surface area contributed by atoms with E-state index in [1.165, 1.54) is 24.8 Å². The Morgan fingerprint density at radius 3 is 3.00 bits per heavy atom. The molecule has 0 bridgehead atoms. The molecule has 0 aliphatic heterocycles. The van der Waals surface area contributed by atoms with Crippen LogP contribution in [0.5, 0.6) is 0 Å². The first-order valence-corrected chi connectivity index (χ1v) is 6.02. The zero-order valence-electron chi connectivity index (χ0n) is 9.45. The minimum atomic E-state index is 0.732. The number of nitrogens with one attached hydrogen (secondary N) is 1. The summed E-state index contributed by atoms with van der Waals surface area (Å²) < 4.78 is 0. The van der Waals surface area contributed by atoms with Gasteiger partial charge in [0.2, 0.25) is 0 Å². The molecule has 1 atom stereocenters. The van der Waals surface area contributed by atoms with Gasteiger partial charge < -0.3 is 5.32 Å². The van der Waals surface area contributed by atoms with Gasteiger partial charge in [-0.25, -0.2) is 0 Å². The van der Waals surface area contributed by atoms with Crippen molar-refractivity contribution in [1.29, 1.82) is 0 Å². The average molecular weight is 204 g/mol. The monoisotopic (exact) mass is 204 g/mol. The van der Waals surface area contributed by atoms with Crippen molar-refractivity contribution in [2.45, 2.75) is 38.6 Å². The van der Waals surface area contributed by atoms with Crippen LogP contribution in [0.3, 0.4) is 0 Å². The van der Waals surface area contributed by atoms with E-state index in [1.807, 2.05) is 18.5 Å². The Labute approximate surface area is 92.1 Å². The van der Waals surface area contributed by atoms with E-state index in [2.05, 4.69) is 23.3 Å². The van der Waals surface area contributed by atoms with Crippen molar-refractivity contribution in [3.8, 4) is 0 Å². The van der Waals surface area contributed by atoms with Gasteiger partial charge in [-0.3, -0.25) is 4.98 Å². The zero-order valence-corrected chi connectivity index (χ0v) is 9.45. The third kappa shape index (κ3) is 3.31. The normalized spacial score (nSPS) is 17.7. The summed E-state index contributed by atoms with van der Waals surface area (Å²) in [5, 5.41) is 3.59. The van der Waals surface area contributed by atoms with E-state index in [0.29, 0.717) is 0 Å². The minimum absolute atomic E-state index is 0.732. The minimum Gasteiger partial charge on any atom is -0.314 e. The van der Waals surface area contributed by atoms with Crippen LogP contribution >= 0.6 is 0 Å². The van der Waals surface area contributed by atoms with Gasteiger partial charge in [-0.05, 0) is 49.8 Å². The van der Waals surface area contributed by atoms with Crippen LogP contribution in [0.25, 0.3) is 0 Å². The van der Waals surface area contributed by atoms with E-state index in [4.69, 9.17) is 0 Å². The zero-order chi connectivity index (χ0) is 10.5. The lowest BCUT2D eigenvalue weighted by molar-refractivity contribution is 0.446. The third-order valence-electron chi connectivity index (χ3n) is 3.12. The van der Waals surface area contributed by atoms with Crippen molar-refractivity contribution < 1.29 is 0 Å². The molecule has 1 unspecified atom stereocenters. The van der Waals surface area contributed by atoms with Gasteiger partial charge in [0.05, 0.1) is 0 Å². The third-order valence-corrected chi connectivity index (χ3v) is 3.12. The Hall–Kier alpha value is -0.890. The van der Waals surface area contributed by atoms with Crippen LogP contribution in [0.15, 0.2) is 24.5 Å². The van der Waals surface area contributed by atoms with Crippen LogP contribution in [-0.4, -0.2) is 17.6 Å². The summed E-state index contributed by atoms with van der Waals surface area (Å²) in [6.07, 6.45) is 9.07. The molecule has 1 aromatic rings. The van der Waals surface area contributed by atoms with Crippen LogP contribution in [0.2, 0.25) is 0 Å². The fourth-order valence-corrected chi connectivity index (χ4v) is 2.13. The summed E-state index contributed by atoms with van der Waals surface area (Å²) in [7, 11) is 0. The molecule has 1 fully saturated rings. The molecule has 2 nitrogen and oxygen atoms in total. The van der Waals surface area contributed by atoms with Gasteiger partial charge in [0.15, 0.2) is 0 Å². The molecular weight excluding hydrogens is 184 g/mol. The summed E-state index contributed by atoms with van der Waals surface area (Å²) in [4.78, 5) is 4.15. The van der Waals surface area contributed by atoms with Crippen molar-refractivity contribution in [3.63, 3.8) is 0 Å². The summed E-state index contributed by atoms with van der Waals surface area (Å²) >= 11 is 0. The van der Waals surface area contributed by atoms with Crippen LogP contribution in [0.4, 0.5) is 0 Å². The number of nitrogens with zero attached hydrogens (tertiary/aromatic N) is 1. The number of hydrogen-bond acceptors (Lipinski definition) is 2. The molecule has 0 saturated heterocycles. The van der Waals surface area contributed by atoms with Gasteiger partial charge >= 0.3 is 0 Å². The molecule has 1 aliphatic rings. The molecule has 1 saturated carbocycles. The molecule has 1 aliphatic carbocycles. The maximum absolute atomic E-state index is 4.15. The van der Waals surface area contributed by atoms with Gasteiger partial charge in [-0.2, -0.15) is 0 Å². The Balaban J connectivity index is 1.80. The topological polar surface area (TPSA) is 24.9 Å². The van der Waals surface area contributed by atoms with Gasteiger partial charge in [0.1, 0.15) is 0 Å². The number of aryl methyl sites for hydroxylation is 1. The van der Waals surface area contributed by atoms with E-state index in [1.54, 1.807) is 0 Å². The maximum Gasteiger partial charge on any atom is 0.0299 e. The van der Waals surface area contributed by atoms with Gasteiger partial charge in [0, 0.05) is 18.4 Å². The van der Waals surface area contributed by atoms with E-state index >= 15 is 0 Å². The summed E-state index contributed by atoms with van der Waals surface area (Å²) in [5.41, 5.74) is 1.36. The van der Waals surface area contributed by atoms with E-state index < -0.39 is 0 Å². The number of rotatable bonds is 6. The van der Waals surface area contributed by atoms with Crippen LogP contribution in [-0.2, 0) is 6.42 Å². The first-order chi connectivity index (χ1) is 7.40. The molecule has 1 heterocycles.